The van der Waals surface area contributed by atoms with E-state index in [2.05, 4.69) is 27.1 Å². The van der Waals surface area contributed by atoms with Crippen LogP contribution in [0.5, 0.6) is 5.75 Å². The van der Waals surface area contributed by atoms with Crippen LogP contribution in [-0.2, 0) is 13.1 Å². The second kappa shape index (κ2) is 8.42. The van der Waals surface area contributed by atoms with Crippen molar-refractivity contribution in [3.63, 3.8) is 0 Å². The first-order valence-corrected chi connectivity index (χ1v) is 10.6. The summed E-state index contributed by atoms with van der Waals surface area (Å²) in [5, 5.41) is 7.65. The van der Waals surface area contributed by atoms with E-state index >= 15 is 0 Å². The van der Waals surface area contributed by atoms with Gasteiger partial charge in [0.05, 0.1) is 50.4 Å². The molecule has 0 saturated carbocycles. The molecule has 0 amide bonds. The number of rotatable bonds is 6. The maximum atomic E-state index is 5.68. The number of nitrogens with one attached hydrogen (secondary N) is 1. The molecule has 2 aromatic heterocycles. The molecule has 1 saturated heterocycles. The zero-order chi connectivity index (χ0) is 19.5. The zero-order valence-corrected chi connectivity index (χ0v) is 17.7. The highest BCUT2D eigenvalue weighted by molar-refractivity contribution is 7.71. The van der Waals surface area contributed by atoms with Crippen LogP contribution >= 0.6 is 23.6 Å². The first kappa shape index (κ1) is 19.1. The molecule has 0 atom stereocenters. The standard InChI is InChI=1S/C19H23N5O2S2/c1-14-20-15(12-28-14)11-18-21-24(19(27)26-18)13-22-7-9-23(10-8-22)16-3-5-17(25-2)6-4-16/h3-6,12H,7-11,13H2,1-2H3/p+1. The predicted molar refractivity (Wildman–Crippen MR) is 111 cm³/mol. The van der Waals surface area contributed by atoms with E-state index in [0.717, 1.165) is 49.3 Å². The quantitative estimate of drug-likeness (QED) is 0.618. The maximum Gasteiger partial charge on any atom is 0.291 e. The van der Waals surface area contributed by atoms with Crippen LogP contribution in [0.25, 0.3) is 0 Å². The largest absolute Gasteiger partial charge is 0.497 e. The Morgan fingerprint density at radius 1 is 1.25 bits per heavy atom. The van der Waals surface area contributed by atoms with Gasteiger partial charge < -0.3 is 19.0 Å². The monoisotopic (exact) mass is 418 g/mol. The molecule has 1 N–H and O–H groups in total. The highest BCUT2D eigenvalue weighted by atomic mass is 32.1. The van der Waals surface area contributed by atoms with Crippen molar-refractivity contribution < 1.29 is 14.1 Å². The molecule has 0 radical (unpaired) electrons. The SMILES string of the molecule is COc1ccc(N2CC[NH+](Cn3nc(Cc4csc(C)n4)oc3=S)CC2)cc1. The highest BCUT2D eigenvalue weighted by Gasteiger charge is 2.22. The Bertz CT molecular complexity index is 971. The number of anilines is 1. The Labute approximate surface area is 173 Å². The lowest BCUT2D eigenvalue weighted by molar-refractivity contribution is -0.924. The summed E-state index contributed by atoms with van der Waals surface area (Å²) in [6, 6.07) is 8.25. The Hall–Kier alpha value is -2.23. The number of hydrogen-bond donors (Lipinski definition) is 1. The van der Waals surface area contributed by atoms with Crippen molar-refractivity contribution in [1.29, 1.82) is 0 Å². The van der Waals surface area contributed by atoms with Crippen LogP contribution in [0.15, 0.2) is 34.1 Å². The molecule has 4 rings (SSSR count). The number of methoxy groups -OCH3 is 1. The molecule has 0 aliphatic carbocycles. The second-order valence-electron chi connectivity index (χ2n) is 6.89. The topological polar surface area (TPSA) is 60.8 Å². The molecule has 1 aliphatic rings. The highest BCUT2D eigenvalue weighted by Crippen LogP contribution is 2.19. The van der Waals surface area contributed by atoms with Crippen LogP contribution < -0.4 is 14.5 Å². The fourth-order valence-electron chi connectivity index (χ4n) is 3.41. The number of ether oxygens (including phenoxy) is 1. The van der Waals surface area contributed by atoms with Gasteiger partial charge in [0.25, 0.3) is 4.84 Å². The molecule has 9 heteroatoms. The van der Waals surface area contributed by atoms with Crippen molar-refractivity contribution in [2.24, 2.45) is 0 Å². The Balaban J connectivity index is 1.33. The van der Waals surface area contributed by atoms with Gasteiger partial charge in [-0.15, -0.1) is 16.4 Å². The third-order valence-electron chi connectivity index (χ3n) is 4.93. The number of benzene rings is 1. The summed E-state index contributed by atoms with van der Waals surface area (Å²) >= 11 is 7.00. The average Bonchev–Trinajstić information content (AvgIpc) is 3.27. The first-order valence-electron chi connectivity index (χ1n) is 9.31. The van der Waals surface area contributed by atoms with Crippen molar-refractivity contribution in [3.05, 3.63) is 51.1 Å². The van der Waals surface area contributed by atoms with Gasteiger partial charge in [-0.2, -0.15) is 4.68 Å². The van der Waals surface area contributed by atoms with E-state index in [1.165, 1.54) is 10.6 Å². The van der Waals surface area contributed by atoms with Crippen molar-refractivity contribution >= 4 is 29.2 Å². The van der Waals surface area contributed by atoms with Crippen molar-refractivity contribution in [2.45, 2.75) is 20.0 Å². The summed E-state index contributed by atoms with van der Waals surface area (Å²) < 4.78 is 12.7. The minimum absolute atomic E-state index is 0.437. The minimum atomic E-state index is 0.437. The molecule has 0 bridgehead atoms. The molecule has 148 valence electrons. The van der Waals surface area contributed by atoms with E-state index in [-0.39, 0.29) is 0 Å². The zero-order valence-electron chi connectivity index (χ0n) is 16.1. The molecule has 1 aromatic carbocycles. The van der Waals surface area contributed by atoms with Crippen molar-refractivity contribution in [3.8, 4) is 5.75 Å². The van der Waals surface area contributed by atoms with Crippen LogP contribution in [0, 0.1) is 11.8 Å². The Kier molecular flexibility index (Phi) is 5.74. The van der Waals surface area contributed by atoms with Crippen LogP contribution in [-0.4, -0.2) is 48.1 Å². The van der Waals surface area contributed by atoms with E-state index in [4.69, 9.17) is 21.4 Å². The smallest absolute Gasteiger partial charge is 0.291 e. The number of piperazine rings is 1. The molecule has 0 spiro atoms. The fourth-order valence-corrected chi connectivity index (χ4v) is 4.22. The van der Waals surface area contributed by atoms with Crippen LogP contribution in [0.2, 0.25) is 0 Å². The molecular formula is C19H24N5O2S2+. The molecule has 28 heavy (non-hydrogen) atoms. The lowest BCUT2D eigenvalue weighted by Crippen LogP contribution is -3.14. The van der Waals surface area contributed by atoms with Gasteiger partial charge in [-0.3, -0.25) is 0 Å². The van der Waals surface area contributed by atoms with Crippen LogP contribution in [0.1, 0.15) is 16.6 Å². The Morgan fingerprint density at radius 2 is 2.00 bits per heavy atom. The predicted octanol–water partition coefficient (Wildman–Crippen LogP) is 1.93. The third-order valence-corrected chi connectivity index (χ3v) is 6.04. The van der Waals surface area contributed by atoms with Gasteiger partial charge in [0.1, 0.15) is 5.75 Å². The van der Waals surface area contributed by atoms with E-state index in [0.29, 0.717) is 17.1 Å². The van der Waals surface area contributed by atoms with E-state index in [9.17, 15) is 0 Å². The van der Waals surface area contributed by atoms with E-state index in [1.807, 2.05) is 29.1 Å². The van der Waals surface area contributed by atoms with E-state index < -0.39 is 0 Å². The van der Waals surface area contributed by atoms with Gasteiger partial charge in [-0.1, -0.05) is 0 Å². The average molecular weight is 419 g/mol. The lowest BCUT2D eigenvalue weighted by Gasteiger charge is -2.33. The second-order valence-corrected chi connectivity index (χ2v) is 8.30. The van der Waals surface area contributed by atoms with Crippen molar-refractivity contribution in [2.75, 3.05) is 38.2 Å². The fraction of sp³-hybridized carbons (Fsp3) is 0.421. The number of hydrogen-bond acceptors (Lipinski definition) is 7. The number of aromatic nitrogens is 3. The van der Waals surface area contributed by atoms with Crippen LogP contribution in [0.4, 0.5) is 5.69 Å². The van der Waals surface area contributed by atoms with E-state index in [1.54, 1.807) is 18.4 Å². The van der Waals surface area contributed by atoms with Crippen LogP contribution in [0.3, 0.4) is 0 Å². The molecule has 0 unspecified atom stereocenters. The van der Waals surface area contributed by atoms with Gasteiger partial charge in [0.2, 0.25) is 5.89 Å². The molecule has 1 aliphatic heterocycles. The minimum Gasteiger partial charge on any atom is -0.497 e. The summed E-state index contributed by atoms with van der Waals surface area (Å²) in [6.07, 6.45) is 0.585. The summed E-state index contributed by atoms with van der Waals surface area (Å²) in [6.45, 7) is 6.78. The normalized spacial score (nSPS) is 15.1. The number of quaternary nitrogens is 1. The molecule has 3 heterocycles. The molecular weight excluding hydrogens is 394 g/mol. The lowest BCUT2D eigenvalue weighted by atomic mass is 10.2. The summed E-state index contributed by atoms with van der Waals surface area (Å²) in [7, 11) is 1.69. The summed E-state index contributed by atoms with van der Waals surface area (Å²) in [5.74, 6) is 1.52. The van der Waals surface area contributed by atoms with Gasteiger partial charge in [-0.25, -0.2) is 4.98 Å². The number of thiazole rings is 1. The third kappa shape index (κ3) is 4.43. The summed E-state index contributed by atoms with van der Waals surface area (Å²) in [4.78, 5) is 8.76. The Morgan fingerprint density at radius 3 is 2.64 bits per heavy atom. The number of aryl methyl sites for hydroxylation is 1. The molecule has 1 fully saturated rings. The van der Waals surface area contributed by atoms with Crippen molar-refractivity contribution in [1.82, 2.24) is 14.8 Å². The number of nitrogens with zero attached hydrogens (tertiary/aromatic N) is 4. The van der Waals surface area contributed by atoms with Gasteiger partial charge >= 0.3 is 0 Å². The van der Waals surface area contributed by atoms with Gasteiger partial charge in [0.15, 0.2) is 6.67 Å². The first-order chi connectivity index (χ1) is 13.6. The van der Waals surface area contributed by atoms with Gasteiger partial charge in [-0.05, 0) is 43.4 Å². The molecule has 3 aromatic rings. The summed E-state index contributed by atoms with van der Waals surface area (Å²) in [5.41, 5.74) is 2.21. The maximum absolute atomic E-state index is 5.68. The van der Waals surface area contributed by atoms with Gasteiger partial charge in [0, 0.05) is 11.1 Å². The molecule has 7 nitrogen and oxygen atoms in total.